The van der Waals surface area contributed by atoms with Crippen molar-refractivity contribution < 1.29 is 23.9 Å². The Labute approximate surface area is 478 Å². The maximum atomic E-state index is 14.1. The van der Waals surface area contributed by atoms with Crippen molar-refractivity contribution >= 4 is 17.8 Å². The van der Waals surface area contributed by atoms with E-state index in [1.165, 1.54) is 231 Å². The average molecular weight is 1080 g/mol. The number of carbonyl (C=O) groups excluding carboxylic acids is 3. The van der Waals surface area contributed by atoms with E-state index >= 15 is 0 Å². The highest BCUT2D eigenvalue weighted by atomic mass is 16.5. The number of ether oxygens (including phenoxy) is 2. The molecule has 456 valence electrons. The van der Waals surface area contributed by atoms with E-state index in [0.29, 0.717) is 50.2 Å². The lowest BCUT2D eigenvalue weighted by Crippen LogP contribution is -2.41. The van der Waals surface area contributed by atoms with E-state index < -0.39 is 0 Å². The summed E-state index contributed by atoms with van der Waals surface area (Å²) < 4.78 is 12.0. The van der Waals surface area contributed by atoms with Crippen LogP contribution >= 0.6 is 0 Å². The minimum Gasteiger partial charge on any atom is -0.465 e. The molecule has 0 saturated carbocycles. The molecule has 0 aromatic rings. The van der Waals surface area contributed by atoms with Crippen LogP contribution in [0.5, 0.6) is 0 Å². The van der Waals surface area contributed by atoms with E-state index in [-0.39, 0.29) is 32.8 Å². The fourth-order valence-electron chi connectivity index (χ4n) is 11.1. The van der Waals surface area contributed by atoms with E-state index in [4.69, 9.17) is 9.47 Å². The fourth-order valence-corrected chi connectivity index (χ4v) is 11.1. The fraction of sp³-hybridized carbons (Fsp3) is 0.957. The summed E-state index contributed by atoms with van der Waals surface area (Å²) in [7, 11) is 4.24. The third kappa shape index (κ3) is 54.3. The maximum Gasteiger partial charge on any atom is 0.305 e. The number of hydrogen-bond donors (Lipinski definition) is 0. The molecule has 0 N–H and O–H groups in total. The lowest BCUT2D eigenvalue weighted by molar-refractivity contribution is -0.146. The van der Waals surface area contributed by atoms with E-state index in [9.17, 15) is 14.4 Å². The summed E-state index contributed by atoms with van der Waals surface area (Å²) in [4.78, 5) is 44.9. The Morgan fingerprint density at radius 2 is 0.579 bits per heavy atom. The monoisotopic (exact) mass is 1080 g/mol. The second kappa shape index (κ2) is 62.6. The summed E-state index contributed by atoms with van der Waals surface area (Å²) in [5.41, 5.74) is 0. The average Bonchev–Trinajstić information content (AvgIpc) is 3.39. The van der Waals surface area contributed by atoms with Crippen molar-refractivity contribution in [2.45, 2.75) is 377 Å². The minimum absolute atomic E-state index is 0. The first kappa shape index (κ1) is 78.6. The van der Waals surface area contributed by atoms with Gasteiger partial charge in [0.15, 0.2) is 0 Å². The van der Waals surface area contributed by atoms with Gasteiger partial charge in [-0.15, -0.1) is 0 Å². The van der Waals surface area contributed by atoms with Crippen molar-refractivity contribution in [3.63, 3.8) is 0 Å². The maximum absolute atomic E-state index is 14.1. The molecule has 76 heavy (non-hydrogen) atoms. The van der Waals surface area contributed by atoms with Gasteiger partial charge in [-0.2, -0.15) is 0 Å². The number of unbranched alkanes of at least 4 members (excludes halogenated alkanes) is 33. The Morgan fingerprint density at radius 3 is 0.895 bits per heavy atom. The summed E-state index contributed by atoms with van der Waals surface area (Å²) in [5.74, 6) is 1.25. The molecule has 0 aliphatic carbocycles. The summed E-state index contributed by atoms with van der Waals surface area (Å²) in [6.45, 7) is 14.3. The summed E-state index contributed by atoms with van der Waals surface area (Å²) in [6, 6.07) is 0.196. The zero-order valence-corrected chi connectivity index (χ0v) is 51.4. The normalized spacial score (nSPS) is 12.5. The van der Waals surface area contributed by atoms with Gasteiger partial charge in [-0.3, -0.25) is 14.4 Å². The number of nitrogens with zero attached hydrogens (tertiary/aromatic N) is 2. The molecule has 0 heterocycles. The van der Waals surface area contributed by atoms with Crippen LogP contribution in [0.4, 0.5) is 0 Å². The Bertz CT molecular complexity index is 1110. The topological polar surface area (TPSA) is 76.2 Å². The highest BCUT2D eigenvalue weighted by molar-refractivity contribution is 5.76. The van der Waals surface area contributed by atoms with Gasteiger partial charge in [-0.25, -0.2) is 0 Å². The van der Waals surface area contributed by atoms with Crippen LogP contribution in [-0.2, 0) is 23.9 Å². The van der Waals surface area contributed by atoms with Gasteiger partial charge >= 0.3 is 11.9 Å². The largest absolute Gasteiger partial charge is 0.465 e. The highest BCUT2D eigenvalue weighted by Crippen LogP contribution is 2.25. The zero-order chi connectivity index (χ0) is 54.2. The molecule has 0 aromatic carbocycles. The molecule has 0 fully saturated rings. The van der Waals surface area contributed by atoms with Crippen LogP contribution in [-0.4, -0.2) is 74.1 Å². The Hall–Kier alpha value is -1.63. The van der Waals surface area contributed by atoms with Crippen LogP contribution in [0.2, 0.25) is 0 Å². The molecule has 1 amide bonds. The molecular formula is C69H140N2O5. The van der Waals surface area contributed by atoms with Gasteiger partial charge in [0, 0.05) is 31.8 Å². The molecule has 2 atom stereocenters. The smallest absolute Gasteiger partial charge is 0.305 e. The first-order valence-electron chi connectivity index (χ1n) is 33.5. The number of hydrogen-bond acceptors (Lipinski definition) is 6. The molecule has 0 aliphatic rings. The van der Waals surface area contributed by atoms with Crippen molar-refractivity contribution in [1.29, 1.82) is 0 Å². The Balaban J connectivity index is -0.0000266. The molecular weight excluding hydrogens is 937 g/mol. The highest BCUT2D eigenvalue weighted by Gasteiger charge is 2.23. The molecule has 0 saturated heterocycles. The van der Waals surface area contributed by atoms with Gasteiger partial charge in [0.25, 0.3) is 0 Å². The van der Waals surface area contributed by atoms with Gasteiger partial charge in [0.1, 0.15) is 0 Å². The zero-order valence-electron chi connectivity index (χ0n) is 51.4. The number of carbonyl (C=O) groups is 3. The van der Waals surface area contributed by atoms with Crippen LogP contribution in [0.1, 0.15) is 371 Å². The van der Waals surface area contributed by atoms with Crippen LogP contribution in [0.25, 0.3) is 0 Å². The standard InChI is InChI=1S/C67H132N2O5.2CH4/c1-8-13-18-23-28-30-34-41-51-62(49-39-32-25-20-15-10-3)60-73-66(71)56-46-37-43-53-64(69(59-48-58-68(6)7)65(70)55-45-36-27-22-17-12-5)54-44-38-47-57-67(72)74-61-63(50-40-33-26-21-16-11-4)52-42-35-31-29-24-19-14-9-2;;/h62-64H,8-61H2,1-7H3;2*1H4. The second-order valence-electron chi connectivity index (χ2n) is 23.9. The molecule has 0 radical (unpaired) electrons. The number of amides is 1. The Kier molecular flexibility index (Phi) is 64.7. The minimum atomic E-state index is -0.0276. The van der Waals surface area contributed by atoms with Crippen molar-refractivity contribution in [3.8, 4) is 0 Å². The third-order valence-corrected chi connectivity index (χ3v) is 16.2. The molecule has 0 rings (SSSR count). The van der Waals surface area contributed by atoms with Crippen LogP contribution in [0.3, 0.4) is 0 Å². The molecule has 0 spiro atoms. The van der Waals surface area contributed by atoms with Crippen molar-refractivity contribution in [2.24, 2.45) is 11.8 Å². The van der Waals surface area contributed by atoms with E-state index in [0.717, 1.165) is 83.7 Å². The van der Waals surface area contributed by atoms with Crippen LogP contribution < -0.4 is 0 Å². The van der Waals surface area contributed by atoms with Gasteiger partial charge in [-0.1, -0.05) is 287 Å². The molecule has 0 aliphatic heterocycles. The van der Waals surface area contributed by atoms with Crippen LogP contribution in [0.15, 0.2) is 0 Å². The lowest BCUT2D eigenvalue weighted by Gasteiger charge is -2.33. The van der Waals surface area contributed by atoms with Gasteiger partial charge < -0.3 is 19.3 Å². The number of rotatable bonds is 60. The van der Waals surface area contributed by atoms with Crippen molar-refractivity contribution in [1.82, 2.24) is 9.80 Å². The summed E-state index contributed by atoms with van der Waals surface area (Å²) in [6.07, 6.45) is 59.1. The second-order valence-corrected chi connectivity index (χ2v) is 23.9. The third-order valence-electron chi connectivity index (χ3n) is 16.2. The summed E-state index contributed by atoms with van der Waals surface area (Å²) >= 11 is 0. The predicted octanol–water partition coefficient (Wildman–Crippen LogP) is 21.9. The first-order valence-corrected chi connectivity index (χ1v) is 33.5. The molecule has 0 bridgehead atoms. The van der Waals surface area contributed by atoms with E-state index in [2.05, 4.69) is 58.5 Å². The van der Waals surface area contributed by atoms with Gasteiger partial charge in [0.05, 0.1) is 13.2 Å². The van der Waals surface area contributed by atoms with Gasteiger partial charge in [-0.05, 0) is 96.7 Å². The van der Waals surface area contributed by atoms with Crippen molar-refractivity contribution in [3.05, 3.63) is 0 Å². The van der Waals surface area contributed by atoms with E-state index in [1.54, 1.807) is 0 Å². The van der Waals surface area contributed by atoms with Crippen LogP contribution in [0, 0.1) is 11.8 Å². The molecule has 2 unspecified atom stereocenters. The van der Waals surface area contributed by atoms with Gasteiger partial charge in [0.2, 0.25) is 5.91 Å². The van der Waals surface area contributed by atoms with E-state index in [1.807, 2.05) is 0 Å². The Morgan fingerprint density at radius 1 is 0.316 bits per heavy atom. The first-order chi connectivity index (χ1) is 36.2. The molecule has 7 nitrogen and oxygen atoms in total. The predicted molar refractivity (Wildman–Crippen MR) is 336 cm³/mol. The molecule has 0 aromatic heterocycles. The quantitative estimate of drug-likeness (QED) is 0.0446. The number of esters is 2. The van der Waals surface area contributed by atoms with Crippen molar-refractivity contribution in [2.75, 3.05) is 40.4 Å². The SMILES string of the molecule is C.C.CCCCCCCCCCC(CCCCCCCC)COC(=O)CCCCCC(CCCCCC(=O)OCC(CCCCCCCC)CCCCCCCCCC)N(CCCN(C)C)C(=O)CCCCCCCC. The lowest BCUT2D eigenvalue weighted by atomic mass is 9.94. The summed E-state index contributed by atoms with van der Waals surface area (Å²) in [5, 5.41) is 0. The molecule has 7 heteroatoms.